The Labute approximate surface area is 116 Å². The molecule has 0 aliphatic heterocycles. The normalized spacial score (nSPS) is 12.8. The summed E-state index contributed by atoms with van der Waals surface area (Å²) in [5.74, 6) is 2.50. The smallest absolute Gasteiger partial charge is 0.0492 e. The van der Waals surface area contributed by atoms with E-state index in [-0.39, 0.29) is 0 Å². The molecule has 0 aromatic carbocycles. The molecule has 0 spiro atoms. The number of aryl methyl sites for hydroxylation is 2. The van der Waals surface area contributed by atoms with Gasteiger partial charge in [0, 0.05) is 30.7 Å². The van der Waals surface area contributed by atoms with Gasteiger partial charge in [0.05, 0.1) is 0 Å². The molecule has 4 heteroatoms. The Hall–Kier alpha value is -0.480. The van der Waals surface area contributed by atoms with Crippen LogP contribution in [0.4, 0.5) is 0 Å². The highest BCUT2D eigenvalue weighted by atomic mass is 32.2. The number of thioether (sulfide) groups is 1. The SMILES string of the molecule is CCCNC(CCc1ccnn1C)CSCCC. The van der Waals surface area contributed by atoms with E-state index in [0.717, 1.165) is 13.0 Å². The van der Waals surface area contributed by atoms with Crippen molar-refractivity contribution in [1.29, 1.82) is 0 Å². The topological polar surface area (TPSA) is 29.9 Å². The van der Waals surface area contributed by atoms with Crippen LogP contribution in [-0.2, 0) is 13.5 Å². The maximum Gasteiger partial charge on any atom is 0.0492 e. The summed E-state index contributed by atoms with van der Waals surface area (Å²) in [7, 11) is 2.02. The number of aromatic nitrogens is 2. The summed E-state index contributed by atoms with van der Waals surface area (Å²) in [6, 6.07) is 2.76. The largest absolute Gasteiger partial charge is 0.313 e. The fraction of sp³-hybridized carbons (Fsp3) is 0.786. The summed E-state index contributed by atoms with van der Waals surface area (Å²) >= 11 is 2.07. The van der Waals surface area contributed by atoms with Gasteiger partial charge < -0.3 is 5.32 Å². The molecule has 1 aromatic heterocycles. The van der Waals surface area contributed by atoms with E-state index in [0.29, 0.717) is 6.04 Å². The summed E-state index contributed by atoms with van der Waals surface area (Å²) in [4.78, 5) is 0. The van der Waals surface area contributed by atoms with E-state index in [1.165, 1.54) is 36.5 Å². The second-order valence-electron chi connectivity index (χ2n) is 4.71. The molecule has 1 N–H and O–H groups in total. The van der Waals surface area contributed by atoms with E-state index < -0.39 is 0 Å². The lowest BCUT2D eigenvalue weighted by Crippen LogP contribution is -2.32. The number of nitrogens with one attached hydrogen (secondary N) is 1. The van der Waals surface area contributed by atoms with E-state index in [9.17, 15) is 0 Å². The van der Waals surface area contributed by atoms with Gasteiger partial charge in [-0.25, -0.2) is 0 Å². The molecule has 0 bridgehead atoms. The Balaban J connectivity index is 2.32. The Morgan fingerprint density at radius 1 is 1.39 bits per heavy atom. The van der Waals surface area contributed by atoms with Crippen LogP contribution in [0.2, 0.25) is 0 Å². The molecule has 0 fully saturated rings. The molecular weight excluding hydrogens is 242 g/mol. The van der Waals surface area contributed by atoms with Gasteiger partial charge in [0.25, 0.3) is 0 Å². The van der Waals surface area contributed by atoms with Gasteiger partial charge in [-0.05, 0) is 44.0 Å². The van der Waals surface area contributed by atoms with Gasteiger partial charge >= 0.3 is 0 Å². The predicted molar refractivity (Wildman–Crippen MR) is 81.2 cm³/mol. The van der Waals surface area contributed by atoms with Crippen molar-refractivity contribution in [3.05, 3.63) is 18.0 Å². The van der Waals surface area contributed by atoms with Gasteiger partial charge in [0.1, 0.15) is 0 Å². The molecule has 0 saturated heterocycles. The molecule has 3 nitrogen and oxygen atoms in total. The third kappa shape index (κ3) is 5.91. The van der Waals surface area contributed by atoms with Crippen LogP contribution in [0.5, 0.6) is 0 Å². The predicted octanol–water partition coefficient (Wildman–Crippen LogP) is 2.86. The molecule has 1 aromatic rings. The van der Waals surface area contributed by atoms with Crippen molar-refractivity contribution >= 4 is 11.8 Å². The average Bonchev–Trinajstić information content (AvgIpc) is 2.78. The third-order valence-corrected chi connectivity index (χ3v) is 4.36. The summed E-state index contributed by atoms with van der Waals surface area (Å²) in [6.45, 7) is 5.60. The van der Waals surface area contributed by atoms with Crippen molar-refractivity contribution in [3.8, 4) is 0 Å². The highest BCUT2D eigenvalue weighted by Crippen LogP contribution is 2.10. The van der Waals surface area contributed by atoms with Crippen LogP contribution in [0.3, 0.4) is 0 Å². The standard InChI is InChI=1S/C14H27N3S/c1-4-9-15-13(12-18-11-5-2)6-7-14-8-10-16-17(14)3/h8,10,13,15H,4-7,9,11-12H2,1-3H3. The van der Waals surface area contributed by atoms with Crippen LogP contribution < -0.4 is 5.32 Å². The third-order valence-electron chi connectivity index (χ3n) is 3.02. The number of rotatable bonds is 10. The molecule has 1 rings (SSSR count). The molecule has 0 radical (unpaired) electrons. The van der Waals surface area contributed by atoms with Crippen LogP contribution in [0, 0.1) is 0 Å². The number of hydrogen-bond donors (Lipinski definition) is 1. The van der Waals surface area contributed by atoms with Gasteiger partial charge in [-0.2, -0.15) is 16.9 Å². The quantitative estimate of drug-likeness (QED) is 0.662. The fourth-order valence-electron chi connectivity index (χ4n) is 1.93. The van der Waals surface area contributed by atoms with E-state index in [4.69, 9.17) is 0 Å². The zero-order chi connectivity index (χ0) is 13.2. The summed E-state index contributed by atoms with van der Waals surface area (Å²) in [5, 5.41) is 7.88. The molecule has 0 aliphatic rings. The van der Waals surface area contributed by atoms with Crippen molar-refractivity contribution in [3.63, 3.8) is 0 Å². The first-order valence-electron chi connectivity index (χ1n) is 7.05. The monoisotopic (exact) mass is 269 g/mol. The average molecular weight is 269 g/mol. The van der Waals surface area contributed by atoms with Crippen molar-refractivity contribution in [2.24, 2.45) is 7.05 Å². The second-order valence-corrected chi connectivity index (χ2v) is 5.86. The first-order chi connectivity index (χ1) is 8.77. The maximum absolute atomic E-state index is 4.22. The lowest BCUT2D eigenvalue weighted by molar-refractivity contribution is 0.511. The van der Waals surface area contributed by atoms with Gasteiger partial charge in [0.15, 0.2) is 0 Å². The maximum atomic E-state index is 4.22. The number of nitrogens with zero attached hydrogens (tertiary/aromatic N) is 2. The lowest BCUT2D eigenvalue weighted by atomic mass is 10.1. The Morgan fingerprint density at radius 2 is 2.22 bits per heavy atom. The molecule has 1 atom stereocenters. The molecule has 0 saturated carbocycles. The zero-order valence-corrected chi connectivity index (χ0v) is 12.8. The molecule has 18 heavy (non-hydrogen) atoms. The van der Waals surface area contributed by atoms with Crippen LogP contribution >= 0.6 is 11.8 Å². The van der Waals surface area contributed by atoms with Crippen LogP contribution in [-0.4, -0.2) is 33.9 Å². The molecule has 1 unspecified atom stereocenters. The summed E-state index contributed by atoms with van der Waals surface area (Å²) in [5.41, 5.74) is 1.33. The van der Waals surface area contributed by atoms with E-state index in [1.54, 1.807) is 0 Å². The Kier molecular flexibility index (Phi) is 8.18. The zero-order valence-electron chi connectivity index (χ0n) is 12.0. The lowest BCUT2D eigenvalue weighted by Gasteiger charge is -2.18. The van der Waals surface area contributed by atoms with Gasteiger partial charge in [-0.3, -0.25) is 4.68 Å². The van der Waals surface area contributed by atoms with E-state index in [1.807, 2.05) is 17.9 Å². The second kappa shape index (κ2) is 9.45. The van der Waals surface area contributed by atoms with E-state index >= 15 is 0 Å². The van der Waals surface area contributed by atoms with Crippen molar-refractivity contribution in [2.75, 3.05) is 18.1 Å². The fourth-order valence-corrected chi connectivity index (χ4v) is 2.96. The van der Waals surface area contributed by atoms with Crippen LogP contribution in [0.15, 0.2) is 12.3 Å². The molecule has 104 valence electrons. The first kappa shape index (κ1) is 15.6. The minimum atomic E-state index is 0.636. The highest BCUT2D eigenvalue weighted by molar-refractivity contribution is 7.99. The minimum absolute atomic E-state index is 0.636. The van der Waals surface area contributed by atoms with Gasteiger partial charge in [-0.15, -0.1) is 0 Å². The Bertz CT molecular complexity index is 312. The van der Waals surface area contributed by atoms with Gasteiger partial charge in [0.2, 0.25) is 0 Å². The van der Waals surface area contributed by atoms with Crippen molar-refractivity contribution < 1.29 is 0 Å². The Morgan fingerprint density at radius 3 is 2.83 bits per heavy atom. The highest BCUT2D eigenvalue weighted by Gasteiger charge is 2.09. The minimum Gasteiger partial charge on any atom is -0.313 e. The van der Waals surface area contributed by atoms with Crippen molar-refractivity contribution in [2.45, 2.75) is 45.6 Å². The number of hydrogen-bond acceptors (Lipinski definition) is 3. The van der Waals surface area contributed by atoms with Crippen LogP contribution in [0.25, 0.3) is 0 Å². The van der Waals surface area contributed by atoms with E-state index in [2.05, 4.69) is 42.1 Å². The summed E-state index contributed by atoms with van der Waals surface area (Å²) < 4.78 is 1.98. The molecule has 1 heterocycles. The molecule has 0 aliphatic carbocycles. The van der Waals surface area contributed by atoms with Crippen LogP contribution in [0.1, 0.15) is 38.8 Å². The summed E-state index contributed by atoms with van der Waals surface area (Å²) in [6.07, 6.45) is 6.68. The van der Waals surface area contributed by atoms with Crippen molar-refractivity contribution in [1.82, 2.24) is 15.1 Å². The molecule has 0 amide bonds. The van der Waals surface area contributed by atoms with Gasteiger partial charge in [-0.1, -0.05) is 13.8 Å². The molecular formula is C14H27N3S. The first-order valence-corrected chi connectivity index (χ1v) is 8.21.